The third kappa shape index (κ3) is 4.66. The van der Waals surface area contributed by atoms with Gasteiger partial charge >= 0.3 is 0 Å². The van der Waals surface area contributed by atoms with E-state index in [4.69, 9.17) is 23.8 Å². The van der Waals surface area contributed by atoms with Gasteiger partial charge in [-0.1, -0.05) is 115 Å². The molecule has 0 spiro atoms. The van der Waals surface area contributed by atoms with Gasteiger partial charge in [0.2, 0.25) is 0 Å². The summed E-state index contributed by atoms with van der Waals surface area (Å²) in [5.41, 5.74) is 10.6. The molecule has 236 valence electrons. The molecule has 0 N–H and O–H groups in total. The summed E-state index contributed by atoms with van der Waals surface area (Å²) in [5, 5.41) is 4.25. The first-order chi connectivity index (χ1) is 24.8. The molecule has 3 heterocycles. The molecular formula is C45H29N3O2. The van der Waals surface area contributed by atoms with Gasteiger partial charge in [0.1, 0.15) is 22.3 Å². The molecule has 0 atom stereocenters. The first-order valence-electron chi connectivity index (χ1n) is 16.9. The Hall–Kier alpha value is -6.59. The number of aromatic nitrogens is 3. The SMILES string of the molecule is C1=CCCC(c2nc(-c3ccc4oc5ccccc5c4c3)nc(-c3ccccc3-c3ccc(-c4ccccc4)c4oc5ccccc5c34)n2)=C1. The van der Waals surface area contributed by atoms with Crippen LogP contribution >= 0.6 is 0 Å². The highest BCUT2D eigenvalue weighted by Crippen LogP contribution is 2.44. The van der Waals surface area contributed by atoms with Gasteiger partial charge in [-0.15, -0.1) is 0 Å². The smallest absolute Gasteiger partial charge is 0.164 e. The predicted octanol–water partition coefficient (Wildman–Crippen LogP) is 12.1. The van der Waals surface area contributed by atoms with Crippen molar-refractivity contribution in [3.8, 4) is 45.0 Å². The molecule has 0 unspecified atom stereocenters. The van der Waals surface area contributed by atoms with E-state index in [2.05, 4.69) is 103 Å². The van der Waals surface area contributed by atoms with E-state index in [-0.39, 0.29) is 0 Å². The molecule has 0 saturated carbocycles. The number of allylic oxidation sites excluding steroid dienone is 4. The second-order valence-corrected chi connectivity index (χ2v) is 12.6. The van der Waals surface area contributed by atoms with Crippen LogP contribution in [-0.4, -0.2) is 15.0 Å². The quantitative estimate of drug-likeness (QED) is 0.187. The fourth-order valence-electron chi connectivity index (χ4n) is 7.23. The van der Waals surface area contributed by atoms with Crippen LogP contribution in [0.1, 0.15) is 18.7 Å². The second-order valence-electron chi connectivity index (χ2n) is 12.6. The Bertz CT molecular complexity index is 2820. The largest absolute Gasteiger partial charge is 0.456 e. The molecule has 9 aromatic rings. The van der Waals surface area contributed by atoms with E-state index in [1.165, 1.54) is 0 Å². The molecule has 0 saturated heterocycles. The minimum Gasteiger partial charge on any atom is -0.456 e. The molecule has 0 fully saturated rings. The number of hydrogen-bond donors (Lipinski definition) is 0. The molecule has 5 heteroatoms. The van der Waals surface area contributed by atoms with Gasteiger partial charge in [-0.05, 0) is 71.5 Å². The minimum atomic E-state index is 0.626. The molecule has 6 aromatic carbocycles. The third-order valence-corrected chi connectivity index (χ3v) is 9.64. The molecule has 1 aliphatic carbocycles. The zero-order valence-corrected chi connectivity index (χ0v) is 27.0. The lowest BCUT2D eigenvalue weighted by Gasteiger charge is -2.15. The highest BCUT2D eigenvalue weighted by atomic mass is 16.3. The standard InChI is InChI=1S/C45H29N3O2/c1-3-13-28(14-4-1)31-24-25-34(41-36-20-10-12-22-39(36)50-42(31)41)32-17-7-8-19-35(32)45-47-43(29-15-5-2-6-16-29)46-44(48-45)30-23-26-40-37(27-30)33-18-9-11-21-38(33)49-40/h1-5,7-15,17-27H,6,16H2. The van der Waals surface area contributed by atoms with Crippen LogP contribution in [0.2, 0.25) is 0 Å². The first kappa shape index (κ1) is 28.4. The average molecular weight is 644 g/mol. The zero-order valence-electron chi connectivity index (χ0n) is 27.0. The molecule has 10 rings (SSSR count). The van der Waals surface area contributed by atoms with Crippen molar-refractivity contribution in [2.24, 2.45) is 0 Å². The van der Waals surface area contributed by atoms with E-state index in [1.807, 2.05) is 48.5 Å². The van der Waals surface area contributed by atoms with Gasteiger partial charge in [0, 0.05) is 38.2 Å². The number of para-hydroxylation sites is 2. The lowest BCUT2D eigenvalue weighted by Crippen LogP contribution is -2.04. The first-order valence-corrected chi connectivity index (χ1v) is 16.9. The van der Waals surface area contributed by atoms with Crippen molar-refractivity contribution in [3.63, 3.8) is 0 Å². The lowest BCUT2D eigenvalue weighted by molar-refractivity contribution is 0.669. The van der Waals surface area contributed by atoms with Crippen molar-refractivity contribution < 1.29 is 8.83 Å². The molecule has 5 nitrogen and oxygen atoms in total. The van der Waals surface area contributed by atoms with Crippen molar-refractivity contribution in [3.05, 3.63) is 158 Å². The van der Waals surface area contributed by atoms with Crippen molar-refractivity contribution in [2.75, 3.05) is 0 Å². The van der Waals surface area contributed by atoms with E-state index in [0.717, 1.165) is 95.7 Å². The number of nitrogens with zero attached hydrogens (tertiary/aromatic N) is 3. The Morgan fingerprint density at radius 3 is 1.98 bits per heavy atom. The van der Waals surface area contributed by atoms with Gasteiger partial charge in [-0.25, -0.2) is 15.0 Å². The normalized spacial score (nSPS) is 13.1. The van der Waals surface area contributed by atoms with Gasteiger partial charge in [0.15, 0.2) is 17.5 Å². The van der Waals surface area contributed by atoms with Crippen molar-refractivity contribution in [1.29, 1.82) is 0 Å². The number of furan rings is 2. The molecule has 50 heavy (non-hydrogen) atoms. The van der Waals surface area contributed by atoms with Crippen LogP contribution in [0.5, 0.6) is 0 Å². The summed E-state index contributed by atoms with van der Waals surface area (Å²) in [7, 11) is 0. The van der Waals surface area contributed by atoms with Crippen LogP contribution < -0.4 is 0 Å². The van der Waals surface area contributed by atoms with Crippen LogP contribution in [-0.2, 0) is 0 Å². The minimum absolute atomic E-state index is 0.626. The molecule has 1 aliphatic rings. The fraction of sp³-hybridized carbons (Fsp3) is 0.0444. The number of benzene rings is 6. The highest BCUT2D eigenvalue weighted by Gasteiger charge is 2.22. The van der Waals surface area contributed by atoms with Gasteiger partial charge < -0.3 is 8.83 Å². The molecule has 0 bridgehead atoms. The fourth-order valence-corrected chi connectivity index (χ4v) is 7.23. The lowest BCUT2D eigenvalue weighted by atomic mass is 9.92. The van der Waals surface area contributed by atoms with E-state index in [9.17, 15) is 0 Å². The summed E-state index contributed by atoms with van der Waals surface area (Å²) in [4.78, 5) is 15.5. The maximum atomic E-state index is 6.62. The number of hydrogen-bond acceptors (Lipinski definition) is 5. The van der Waals surface area contributed by atoms with E-state index in [0.29, 0.717) is 17.5 Å². The monoisotopic (exact) mass is 643 g/mol. The van der Waals surface area contributed by atoms with Gasteiger partial charge in [-0.2, -0.15) is 0 Å². The van der Waals surface area contributed by atoms with Crippen LogP contribution in [0, 0.1) is 0 Å². The van der Waals surface area contributed by atoms with Crippen LogP contribution in [0.25, 0.3) is 94.5 Å². The Morgan fingerprint density at radius 1 is 0.460 bits per heavy atom. The number of fused-ring (bicyclic) bond motifs is 6. The molecule has 0 radical (unpaired) electrons. The molecule has 0 amide bonds. The average Bonchev–Trinajstić information content (AvgIpc) is 3.77. The second kappa shape index (κ2) is 11.5. The topological polar surface area (TPSA) is 65.0 Å². The summed E-state index contributed by atoms with van der Waals surface area (Å²) in [6.45, 7) is 0. The summed E-state index contributed by atoms with van der Waals surface area (Å²) >= 11 is 0. The van der Waals surface area contributed by atoms with Crippen molar-refractivity contribution in [1.82, 2.24) is 15.0 Å². The summed E-state index contributed by atoms with van der Waals surface area (Å²) in [5.74, 6) is 1.95. The van der Waals surface area contributed by atoms with Crippen molar-refractivity contribution in [2.45, 2.75) is 12.8 Å². The van der Waals surface area contributed by atoms with Crippen LogP contribution in [0.4, 0.5) is 0 Å². The molecule has 3 aromatic heterocycles. The predicted molar refractivity (Wildman–Crippen MR) is 202 cm³/mol. The maximum Gasteiger partial charge on any atom is 0.164 e. The molecule has 0 aliphatic heterocycles. The number of rotatable bonds is 5. The maximum absolute atomic E-state index is 6.62. The van der Waals surface area contributed by atoms with Gasteiger partial charge in [0.05, 0.1) is 0 Å². The van der Waals surface area contributed by atoms with E-state index < -0.39 is 0 Å². The van der Waals surface area contributed by atoms with Crippen LogP contribution in [0.3, 0.4) is 0 Å². The zero-order chi connectivity index (χ0) is 33.0. The Balaban J connectivity index is 1.20. The summed E-state index contributed by atoms with van der Waals surface area (Å²) < 4.78 is 12.8. The van der Waals surface area contributed by atoms with Crippen molar-refractivity contribution >= 4 is 49.5 Å². The Kier molecular flexibility index (Phi) is 6.56. The summed E-state index contributed by atoms with van der Waals surface area (Å²) in [6, 6.07) is 45.8. The third-order valence-electron chi connectivity index (χ3n) is 9.64. The van der Waals surface area contributed by atoms with E-state index in [1.54, 1.807) is 0 Å². The highest BCUT2D eigenvalue weighted by molar-refractivity contribution is 6.17. The van der Waals surface area contributed by atoms with Gasteiger partial charge in [-0.3, -0.25) is 0 Å². The van der Waals surface area contributed by atoms with E-state index >= 15 is 0 Å². The van der Waals surface area contributed by atoms with Crippen LogP contribution in [0.15, 0.2) is 161 Å². The summed E-state index contributed by atoms with van der Waals surface area (Å²) in [6.07, 6.45) is 8.21. The molecular weight excluding hydrogens is 615 g/mol. The van der Waals surface area contributed by atoms with Gasteiger partial charge in [0.25, 0.3) is 0 Å². The Labute approximate surface area is 287 Å². The Morgan fingerprint density at radius 2 is 1.14 bits per heavy atom.